The fourth-order valence-corrected chi connectivity index (χ4v) is 1.83. The van der Waals surface area contributed by atoms with Crippen LogP contribution >= 0.6 is 0 Å². The Morgan fingerprint density at radius 2 is 2.00 bits per heavy atom. The highest BCUT2D eigenvalue weighted by molar-refractivity contribution is 5.64. The summed E-state index contributed by atoms with van der Waals surface area (Å²) in [4.78, 5) is 8.35. The third-order valence-corrected chi connectivity index (χ3v) is 2.79. The van der Waals surface area contributed by atoms with Gasteiger partial charge >= 0.3 is 0 Å². The maximum Gasteiger partial charge on any atom is 0.223 e. The van der Waals surface area contributed by atoms with Crippen molar-refractivity contribution in [3.05, 3.63) is 36.2 Å². The smallest absolute Gasteiger partial charge is 0.223 e. The Kier molecular flexibility index (Phi) is 4.51. The standard InChI is InChI=1S/C15H16N4O/c1-3-20-14-5-4-12(8-11(14)2)13-9-18-15(19-10-13)17-7-6-16/h4-5,8-10H,3,7H2,1-2H3,(H,17,18,19). The molecule has 0 unspecified atom stereocenters. The number of nitrogens with zero attached hydrogens (tertiary/aromatic N) is 3. The second-order valence-corrected chi connectivity index (χ2v) is 4.22. The Labute approximate surface area is 118 Å². The van der Waals surface area contributed by atoms with E-state index in [1.54, 1.807) is 12.4 Å². The second-order valence-electron chi connectivity index (χ2n) is 4.22. The van der Waals surface area contributed by atoms with Gasteiger partial charge in [-0.2, -0.15) is 5.26 Å². The van der Waals surface area contributed by atoms with E-state index >= 15 is 0 Å². The first kappa shape index (κ1) is 13.8. The maximum atomic E-state index is 8.48. The number of benzene rings is 1. The van der Waals surface area contributed by atoms with Crippen molar-refractivity contribution in [3.63, 3.8) is 0 Å². The number of nitrogens with one attached hydrogen (secondary N) is 1. The molecule has 0 fully saturated rings. The van der Waals surface area contributed by atoms with Crippen molar-refractivity contribution in [3.8, 4) is 22.9 Å². The van der Waals surface area contributed by atoms with Gasteiger partial charge < -0.3 is 10.1 Å². The van der Waals surface area contributed by atoms with Crippen LogP contribution in [0.2, 0.25) is 0 Å². The van der Waals surface area contributed by atoms with Crippen molar-refractivity contribution in [2.45, 2.75) is 13.8 Å². The molecular weight excluding hydrogens is 252 g/mol. The van der Waals surface area contributed by atoms with Gasteiger partial charge in [-0.1, -0.05) is 6.07 Å². The topological polar surface area (TPSA) is 70.8 Å². The number of aromatic nitrogens is 2. The minimum atomic E-state index is 0.196. The van der Waals surface area contributed by atoms with Gasteiger partial charge in [-0.25, -0.2) is 9.97 Å². The Balaban J connectivity index is 2.19. The van der Waals surface area contributed by atoms with Crippen LogP contribution in [0.4, 0.5) is 5.95 Å². The summed E-state index contributed by atoms with van der Waals surface area (Å²) in [5, 5.41) is 11.3. The highest BCUT2D eigenvalue weighted by Gasteiger charge is 2.04. The SMILES string of the molecule is CCOc1ccc(-c2cnc(NCC#N)nc2)cc1C. The van der Waals surface area contributed by atoms with E-state index in [1.807, 2.05) is 38.1 Å². The van der Waals surface area contributed by atoms with Crippen molar-refractivity contribution < 1.29 is 4.74 Å². The van der Waals surface area contributed by atoms with Crippen molar-refractivity contribution in [2.24, 2.45) is 0 Å². The summed E-state index contributed by atoms with van der Waals surface area (Å²) in [5.41, 5.74) is 3.05. The van der Waals surface area contributed by atoms with Crippen LogP contribution in [0.25, 0.3) is 11.1 Å². The number of anilines is 1. The van der Waals surface area contributed by atoms with E-state index in [2.05, 4.69) is 15.3 Å². The molecule has 0 aliphatic heterocycles. The molecule has 0 amide bonds. The zero-order valence-corrected chi connectivity index (χ0v) is 11.6. The molecule has 5 nitrogen and oxygen atoms in total. The van der Waals surface area contributed by atoms with Gasteiger partial charge in [0.1, 0.15) is 12.3 Å². The molecule has 1 aromatic carbocycles. The van der Waals surface area contributed by atoms with Gasteiger partial charge in [0.25, 0.3) is 0 Å². The molecule has 1 heterocycles. The number of aryl methyl sites for hydroxylation is 1. The van der Waals surface area contributed by atoms with Gasteiger partial charge in [0, 0.05) is 18.0 Å². The zero-order valence-electron chi connectivity index (χ0n) is 11.6. The summed E-state index contributed by atoms with van der Waals surface area (Å²) in [6, 6.07) is 7.97. The van der Waals surface area contributed by atoms with Crippen LogP contribution in [-0.4, -0.2) is 23.1 Å². The van der Waals surface area contributed by atoms with Gasteiger partial charge in [-0.15, -0.1) is 0 Å². The summed E-state index contributed by atoms with van der Waals surface area (Å²) in [6.07, 6.45) is 3.48. The highest BCUT2D eigenvalue weighted by atomic mass is 16.5. The molecule has 2 aromatic rings. The predicted molar refractivity (Wildman–Crippen MR) is 77.5 cm³/mol. The lowest BCUT2D eigenvalue weighted by Crippen LogP contribution is -2.02. The summed E-state index contributed by atoms with van der Waals surface area (Å²) >= 11 is 0. The third-order valence-electron chi connectivity index (χ3n) is 2.79. The van der Waals surface area contributed by atoms with Crippen LogP contribution < -0.4 is 10.1 Å². The monoisotopic (exact) mass is 268 g/mol. The van der Waals surface area contributed by atoms with Crippen LogP contribution in [-0.2, 0) is 0 Å². The van der Waals surface area contributed by atoms with E-state index in [9.17, 15) is 0 Å². The van der Waals surface area contributed by atoms with Gasteiger partial charge in [0.2, 0.25) is 5.95 Å². The molecule has 1 aromatic heterocycles. The molecule has 0 saturated heterocycles. The van der Waals surface area contributed by atoms with Gasteiger partial charge in [0.05, 0.1) is 12.7 Å². The molecule has 1 N–H and O–H groups in total. The summed E-state index contributed by atoms with van der Waals surface area (Å²) in [5.74, 6) is 1.35. The molecule has 0 aliphatic rings. The van der Waals surface area contributed by atoms with Crippen molar-refractivity contribution >= 4 is 5.95 Å². The van der Waals surface area contributed by atoms with Gasteiger partial charge in [-0.3, -0.25) is 0 Å². The van der Waals surface area contributed by atoms with E-state index in [1.165, 1.54) is 0 Å². The van der Waals surface area contributed by atoms with Crippen LogP contribution in [0.15, 0.2) is 30.6 Å². The molecule has 0 bridgehead atoms. The Bertz CT molecular complexity index is 617. The molecule has 0 aliphatic carbocycles. The Morgan fingerprint density at radius 3 is 2.60 bits per heavy atom. The zero-order chi connectivity index (χ0) is 14.4. The van der Waals surface area contributed by atoms with Crippen molar-refractivity contribution in [1.82, 2.24) is 9.97 Å². The molecule has 0 saturated carbocycles. The van der Waals surface area contributed by atoms with E-state index in [-0.39, 0.29) is 6.54 Å². The molecule has 5 heteroatoms. The Hall–Kier alpha value is -2.61. The number of rotatable bonds is 5. The van der Waals surface area contributed by atoms with Crippen molar-refractivity contribution in [2.75, 3.05) is 18.5 Å². The van der Waals surface area contributed by atoms with Crippen LogP contribution in [0.5, 0.6) is 5.75 Å². The quantitative estimate of drug-likeness (QED) is 0.844. The second kappa shape index (κ2) is 6.53. The highest BCUT2D eigenvalue weighted by Crippen LogP contribution is 2.25. The summed E-state index contributed by atoms with van der Waals surface area (Å²) in [7, 11) is 0. The van der Waals surface area contributed by atoms with E-state index in [0.717, 1.165) is 22.4 Å². The number of hydrogen-bond donors (Lipinski definition) is 1. The predicted octanol–water partition coefficient (Wildman–Crippen LogP) is 2.79. The average molecular weight is 268 g/mol. The molecule has 20 heavy (non-hydrogen) atoms. The first-order valence-corrected chi connectivity index (χ1v) is 6.41. The van der Waals surface area contributed by atoms with E-state index in [4.69, 9.17) is 10.00 Å². The first-order valence-electron chi connectivity index (χ1n) is 6.41. The lowest BCUT2D eigenvalue weighted by Gasteiger charge is -2.09. The molecule has 0 radical (unpaired) electrons. The maximum absolute atomic E-state index is 8.48. The lowest BCUT2D eigenvalue weighted by atomic mass is 10.1. The largest absolute Gasteiger partial charge is 0.494 e. The Morgan fingerprint density at radius 1 is 1.25 bits per heavy atom. The molecule has 0 atom stereocenters. The number of nitriles is 1. The van der Waals surface area contributed by atoms with E-state index < -0.39 is 0 Å². The fraction of sp³-hybridized carbons (Fsp3) is 0.267. The molecule has 2 rings (SSSR count). The summed E-state index contributed by atoms with van der Waals surface area (Å²) in [6.45, 7) is 4.83. The first-order chi connectivity index (χ1) is 9.74. The minimum absolute atomic E-state index is 0.196. The van der Waals surface area contributed by atoms with Crippen LogP contribution in [0.3, 0.4) is 0 Å². The number of ether oxygens (including phenoxy) is 1. The fourth-order valence-electron chi connectivity index (χ4n) is 1.83. The number of hydrogen-bond acceptors (Lipinski definition) is 5. The third kappa shape index (κ3) is 3.23. The van der Waals surface area contributed by atoms with Crippen LogP contribution in [0, 0.1) is 18.3 Å². The lowest BCUT2D eigenvalue weighted by molar-refractivity contribution is 0.338. The molecule has 102 valence electrons. The molecule has 0 spiro atoms. The normalized spacial score (nSPS) is 9.85. The minimum Gasteiger partial charge on any atom is -0.494 e. The summed E-state index contributed by atoms with van der Waals surface area (Å²) < 4.78 is 5.52. The average Bonchev–Trinajstić information content (AvgIpc) is 2.48. The van der Waals surface area contributed by atoms with Crippen molar-refractivity contribution in [1.29, 1.82) is 5.26 Å². The van der Waals surface area contributed by atoms with Gasteiger partial charge in [-0.05, 0) is 37.1 Å². The van der Waals surface area contributed by atoms with Gasteiger partial charge in [0.15, 0.2) is 0 Å². The van der Waals surface area contributed by atoms with E-state index in [0.29, 0.717) is 12.6 Å². The van der Waals surface area contributed by atoms with Crippen LogP contribution in [0.1, 0.15) is 12.5 Å². The molecular formula is C15H16N4O.